The van der Waals surface area contributed by atoms with Gasteiger partial charge >= 0.3 is 5.97 Å². The molecule has 0 bridgehead atoms. The second kappa shape index (κ2) is 5.01. The molecule has 19 heavy (non-hydrogen) atoms. The lowest BCUT2D eigenvalue weighted by Gasteiger charge is -2.12. The molecule has 0 aliphatic carbocycles. The van der Waals surface area contributed by atoms with Crippen LogP contribution < -0.4 is 9.47 Å². The van der Waals surface area contributed by atoms with Crippen molar-refractivity contribution in [1.29, 1.82) is 0 Å². The average molecular weight is 262 g/mol. The molecular formula is C13H14N2O4. The summed E-state index contributed by atoms with van der Waals surface area (Å²) in [6, 6.07) is 5.29. The first-order valence-electron chi connectivity index (χ1n) is 5.58. The van der Waals surface area contributed by atoms with E-state index in [1.807, 2.05) is 0 Å². The van der Waals surface area contributed by atoms with Gasteiger partial charge in [0, 0.05) is 12.3 Å². The van der Waals surface area contributed by atoms with E-state index in [2.05, 4.69) is 4.98 Å². The molecule has 0 fully saturated rings. The minimum absolute atomic E-state index is 0.0117. The van der Waals surface area contributed by atoms with Gasteiger partial charge in [0.15, 0.2) is 5.69 Å². The van der Waals surface area contributed by atoms with Crippen LogP contribution in [0, 0.1) is 6.92 Å². The second-order valence-corrected chi connectivity index (χ2v) is 3.89. The number of methoxy groups -OCH3 is 2. The molecule has 0 saturated heterocycles. The molecule has 0 aliphatic heterocycles. The number of aryl methyl sites for hydroxylation is 1. The number of rotatable bonds is 4. The number of carbonyl (C=O) groups is 1. The first-order chi connectivity index (χ1) is 9.06. The molecule has 0 unspecified atom stereocenters. The second-order valence-electron chi connectivity index (χ2n) is 3.89. The summed E-state index contributed by atoms with van der Waals surface area (Å²) >= 11 is 0. The summed E-state index contributed by atoms with van der Waals surface area (Å²) in [5.74, 6) is 0.756. The number of imidazole rings is 1. The van der Waals surface area contributed by atoms with Crippen LogP contribution in [0.5, 0.6) is 11.5 Å². The van der Waals surface area contributed by atoms with Crippen molar-refractivity contribution in [2.24, 2.45) is 0 Å². The standard InChI is InChI=1S/C13H14N2O4/c1-8-14-10(13(16)17)7-15(8)11-6-9(18-2)4-5-12(11)19-3/h4-7H,1-3H3,(H,16,17). The Labute approximate surface area is 110 Å². The van der Waals surface area contributed by atoms with Gasteiger partial charge in [0.1, 0.15) is 17.3 Å². The fraction of sp³-hybridized carbons (Fsp3) is 0.231. The Hall–Kier alpha value is -2.50. The van der Waals surface area contributed by atoms with E-state index < -0.39 is 5.97 Å². The van der Waals surface area contributed by atoms with Crippen molar-refractivity contribution in [2.75, 3.05) is 14.2 Å². The third-order valence-electron chi connectivity index (χ3n) is 2.75. The largest absolute Gasteiger partial charge is 0.497 e. The van der Waals surface area contributed by atoms with Crippen LogP contribution in [-0.4, -0.2) is 34.8 Å². The number of nitrogens with zero attached hydrogens (tertiary/aromatic N) is 2. The van der Waals surface area contributed by atoms with Gasteiger partial charge in [-0.3, -0.25) is 4.57 Å². The van der Waals surface area contributed by atoms with E-state index in [1.54, 1.807) is 43.9 Å². The van der Waals surface area contributed by atoms with E-state index in [9.17, 15) is 4.79 Å². The zero-order valence-electron chi connectivity index (χ0n) is 10.9. The number of carboxylic acid groups (broad SMARTS) is 1. The van der Waals surface area contributed by atoms with Gasteiger partial charge in [0.05, 0.1) is 19.9 Å². The predicted molar refractivity (Wildman–Crippen MR) is 68.4 cm³/mol. The number of ether oxygens (including phenoxy) is 2. The Kier molecular flexibility index (Phi) is 3.41. The zero-order chi connectivity index (χ0) is 14.0. The number of benzene rings is 1. The zero-order valence-corrected chi connectivity index (χ0v) is 10.9. The van der Waals surface area contributed by atoms with Gasteiger partial charge in [-0.25, -0.2) is 9.78 Å². The molecule has 100 valence electrons. The highest BCUT2D eigenvalue weighted by Gasteiger charge is 2.15. The highest BCUT2D eigenvalue weighted by Crippen LogP contribution is 2.28. The fourth-order valence-corrected chi connectivity index (χ4v) is 1.80. The lowest BCUT2D eigenvalue weighted by molar-refractivity contribution is 0.0691. The molecular weight excluding hydrogens is 248 g/mol. The van der Waals surface area contributed by atoms with E-state index in [0.717, 1.165) is 0 Å². The van der Waals surface area contributed by atoms with Crippen LogP contribution in [0.15, 0.2) is 24.4 Å². The third-order valence-corrected chi connectivity index (χ3v) is 2.75. The fourth-order valence-electron chi connectivity index (χ4n) is 1.80. The van der Waals surface area contributed by atoms with Crippen molar-refractivity contribution in [3.8, 4) is 17.2 Å². The van der Waals surface area contributed by atoms with E-state index in [4.69, 9.17) is 14.6 Å². The Morgan fingerprint density at radius 3 is 2.58 bits per heavy atom. The lowest BCUT2D eigenvalue weighted by Crippen LogP contribution is -2.00. The summed E-state index contributed by atoms with van der Waals surface area (Å²) in [6.45, 7) is 1.73. The van der Waals surface area contributed by atoms with Crippen molar-refractivity contribution in [3.05, 3.63) is 35.9 Å². The van der Waals surface area contributed by atoms with Crippen LogP contribution in [0.1, 0.15) is 16.3 Å². The van der Waals surface area contributed by atoms with Crippen LogP contribution >= 0.6 is 0 Å². The molecule has 0 aliphatic rings. The SMILES string of the molecule is COc1ccc(OC)c(-n2cc(C(=O)O)nc2C)c1. The molecule has 2 aromatic rings. The molecule has 6 heteroatoms. The molecule has 0 amide bonds. The average Bonchev–Trinajstić information content (AvgIpc) is 2.80. The highest BCUT2D eigenvalue weighted by atomic mass is 16.5. The Morgan fingerprint density at radius 1 is 1.32 bits per heavy atom. The minimum atomic E-state index is -1.07. The van der Waals surface area contributed by atoms with Crippen LogP contribution in [-0.2, 0) is 0 Å². The molecule has 6 nitrogen and oxygen atoms in total. The van der Waals surface area contributed by atoms with Crippen molar-refractivity contribution in [3.63, 3.8) is 0 Å². The molecule has 1 aromatic carbocycles. The van der Waals surface area contributed by atoms with E-state index in [0.29, 0.717) is 23.0 Å². The summed E-state index contributed by atoms with van der Waals surface area (Å²) in [4.78, 5) is 14.9. The van der Waals surface area contributed by atoms with Gasteiger partial charge in [-0.15, -0.1) is 0 Å². The number of aromatic nitrogens is 2. The number of hydrogen-bond donors (Lipinski definition) is 1. The van der Waals surface area contributed by atoms with Gasteiger partial charge in [0.2, 0.25) is 0 Å². The summed E-state index contributed by atoms with van der Waals surface area (Å²) in [5.41, 5.74) is 0.668. The highest BCUT2D eigenvalue weighted by molar-refractivity contribution is 5.85. The molecule has 1 N–H and O–H groups in total. The molecule has 1 heterocycles. The van der Waals surface area contributed by atoms with Gasteiger partial charge in [-0.05, 0) is 19.1 Å². The van der Waals surface area contributed by atoms with E-state index >= 15 is 0 Å². The molecule has 1 aromatic heterocycles. The van der Waals surface area contributed by atoms with Crippen LogP contribution in [0.25, 0.3) is 5.69 Å². The molecule has 0 saturated carbocycles. The Balaban J connectivity index is 2.59. The molecule has 0 atom stereocenters. The summed E-state index contributed by atoms with van der Waals surface area (Å²) in [6.07, 6.45) is 1.45. The maximum Gasteiger partial charge on any atom is 0.356 e. The number of carboxylic acids is 1. The smallest absolute Gasteiger partial charge is 0.356 e. The van der Waals surface area contributed by atoms with Crippen LogP contribution in [0.3, 0.4) is 0 Å². The van der Waals surface area contributed by atoms with Crippen molar-refractivity contribution in [2.45, 2.75) is 6.92 Å². The topological polar surface area (TPSA) is 73.6 Å². The van der Waals surface area contributed by atoms with Gasteiger partial charge in [0.25, 0.3) is 0 Å². The maximum absolute atomic E-state index is 10.9. The Morgan fingerprint density at radius 2 is 2.05 bits per heavy atom. The maximum atomic E-state index is 10.9. The van der Waals surface area contributed by atoms with E-state index in [-0.39, 0.29) is 5.69 Å². The minimum Gasteiger partial charge on any atom is -0.497 e. The van der Waals surface area contributed by atoms with Crippen molar-refractivity contribution >= 4 is 5.97 Å². The van der Waals surface area contributed by atoms with Crippen LogP contribution in [0.4, 0.5) is 0 Å². The quantitative estimate of drug-likeness (QED) is 0.910. The monoisotopic (exact) mass is 262 g/mol. The predicted octanol–water partition coefficient (Wildman–Crippen LogP) is 1.90. The first-order valence-corrected chi connectivity index (χ1v) is 5.58. The van der Waals surface area contributed by atoms with Gasteiger partial charge < -0.3 is 14.6 Å². The molecule has 2 rings (SSSR count). The molecule has 0 spiro atoms. The third kappa shape index (κ3) is 2.37. The van der Waals surface area contributed by atoms with Gasteiger partial charge in [-0.1, -0.05) is 0 Å². The van der Waals surface area contributed by atoms with E-state index in [1.165, 1.54) is 6.20 Å². The number of aromatic carboxylic acids is 1. The number of hydrogen-bond acceptors (Lipinski definition) is 4. The van der Waals surface area contributed by atoms with Crippen LogP contribution in [0.2, 0.25) is 0 Å². The first kappa shape index (κ1) is 12.9. The molecule has 0 radical (unpaired) electrons. The lowest BCUT2D eigenvalue weighted by atomic mass is 10.2. The summed E-state index contributed by atoms with van der Waals surface area (Å²) in [5, 5.41) is 8.96. The normalized spacial score (nSPS) is 10.3. The summed E-state index contributed by atoms with van der Waals surface area (Å²) < 4.78 is 12.1. The van der Waals surface area contributed by atoms with Gasteiger partial charge in [-0.2, -0.15) is 0 Å². The van der Waals surface area contributed by atoms with Crippen molar-refractivity contribution < 1.29 is 19.4 Å². The Bertz CT molecular complexity index is 619. The summed E-state index contributed by atoms with van der Waals surface area (Å²) in [7, 11) is 3.12. The van der Waals surface area contributed by atoms with Crippen molar-refractivity contribution in [1.82, 2.24) is 9.55 Å².